The van der Waals surface area contributed by atoms with E-state index in [1.54, 1.807) is 24.5 Å². The van der Waals surface area contributed by atoms with Crippen LogP contribution in [0.3, 0.4) is 0 Å². The van der Waals surface area contributed by atoms with Crippen molar-refractivity contribution in [3.63, 3.8) is 0 Å². The summed E-state index contributed by atoms with van der Waals surface area (Å²) in [4.78, 5) is 24.8. The second-order valence-corrected chi connectivity index (χ2v) is 9.37. The summed E-state index contributed by atoms with van der Waals surface area (Å²) < 4.78 is 13.5. The second-order valence-electron chi connectivity index (χ2n) is 9.37. The van der Waals surface area contributed by atoms with Gasteiger partial charge >= 0.3 is 0 Å². The standard InChI is InChI=1S/C26H27FN4O/c1-16(15-26(2,3)4)25(32)30-21-10-9-20-22(17-11-13-28-14-12-17)23(31-24(20)29-21)18-5-7-19(27)8-6-18/h5-14,16H,15H2,1-4H3,(H2,29,30,31,32)/t16-/m0/s1. The van der Waals surface area contributed by atoms with Crippen molar-refractivity contribution in [3.05, 3.63) is 66.7 Å². The largest absolute Gasteiger partial charge is 0.339 e. The Balaban J connectivity index is 1.74. The molecule has 0 aliphatic heterocycles. The van der Waals surface area contributed by atoms with Gasteiger partial charge in [0.1, 0.15) is 17.3 Å². The summed E-state index contributed by atoms with van der Waals surface area (Å²) >= 11 is 0. The van der Waals surface area contributed by atoms with Gasteiger partial charge in [-0.15, -0.1) is 0 Å². The molecule has 3 heterocycles. The lowest BCUT2D eigenvalue weighted by Gasteiger charge is -2.22. The van der Waals surface area contributed by atoms with Crippen LogP contribution in [0, 0.1) is 17.2 Å². The minimum Gasteiger partial charge on any atom is -0.339 e. The van der Waals surface area contributed by atoms with Crippen molar-refractivity contribution < 1.29 is 9.18 Å². The first kappa shape index (κ1) is 21.7. The van der Waals surface area contributed by atoms with Crippen molar-refractivity contribution >= 4 is 22.8 Å². The summed E-state index contributed by atoms with van der Waals surface area (Å²) in [5, 5.41) is 3.86. The molecule has 1 amide bonds. The van der Waals surface area contributed by atoms with Crippen LogP contribution in [0.1, 0.15) is 34.1 Å². The van der Waals surface area contributed by atoms with E-state index in [2.05, 4.69) is 41.0 Å². The van der Waals surface area contributed by atoms with E-state index in [0.717, 1.165) is 34.2 Å². The molecule has 0 aliphatic rings. The quantitative estimate of drug-likeness (QED) is 0.383. The zero-order valence-corrected chi connectivity index (χ0v) is 18.7. The maximum absolute atomic E-state index is 13.5. The van der Waals surface area contributed by atoms with Crippen molar-refractivity contribution in [2.75, 3.05) is 5.32 Å². The number of fused-ring (bicyclic) bond motifs is 1. The number of carbonyl (C=O) groups excluding carboxylic acids is 1. The number of halogens is 1. The number of rotatable bonds is 5. The van der Waals surface area contributed by atoms with E-state index in [4.69, 9.17) is 0 Å². The van der Waals surface area contributed by atoms with Gasteiger partial charge in [0.25, 0.3) is 0 Å². The summed E-state index contributed by atoms with van der Waals surface area (Å²) in [6.45, 7) is 8.30. The summed E-state index contributed by atoms with van der Waals surface area (Å²) in [6.07, 6.45) is 4.26. The minimum absolute atomic E-state index is 0.0496. The molecule has 0 fully saturated rings. The van der Waals surface area contributed by atoms with Gasteiger partial charge in [-0.25, -0.2) is 9.37 Å². The van der Waals surface area contributed by atoms with E-state index in [9.17, 15) is 9.18 Å². The number of aromatic nitrogens is 3. The molecule has 2 N–H and O–H groups in total. The van der Waals surface area contributed by atoms with Crippen molar-refractivity contribution in [2.24, 2.45) is 11.3 Å². The molecule has 164 valence electrons. The Morgan fingerprint density at radius 1 is 1.03 bits per heavy atom. The molecule has 6 heteroatoms. The number of benzene rings is 1. The van der Waals surface area contributed by atoms with E-state index in [-0.39, 0.29) is 23.1 Å². The fourth-order valence-corrected chi connectivity index (χ4v) is 4.05. The smallest absolute Gasteiger partial charge is 0.228 e. The van der Waals surface area contributed by atoms with E-state index in [0.29, 0.717) is 11.5 Å². The number of H-pyrrole nitrogens is 1. The number of anilines is 1. The summed E-state index contributed by atoms with van der Waals surface area (Å²) in [7, 11) is 0. The summed E-state index contributed by atoms with van der Waals surface area (Å²) in [5.41, 5.74) is 4.33. The summed E-state index contributed by atoms with van der Waals surface area (Å²) in [6, 6.07) is 14.0. The van der Waals surface area contributed by atoms with Gasteiger partial charge in [-0.1, -0.05) is 27.7 Å². The Morgan fingerprint density at radius 2 is 1.72 bits per heavy atom. The molecule has 4 aromatic rings. The number of nitrogens with zero attached hydrogens (tertiary/aromatic N) is 2. The van der Waals surface area contributed by atoms with Crippen LogP contribution in [0.2, 0.25) is 0 Å². The SMILES string of the molecule is C[C@@H](CC(C)(C)C)C(=O)Nc1ccc2c(-c3ccncc3)c(-c3ccc(F)cc3)[nH]c2n1. The van der Waals surface area contributed by atoms with Crippen LogP contribution >= 0.6 is 0 Å². The first-order valence-electron chi connectivity index (χ1n) is 10.7. The predicted octanol–water partition coefficient (Wildman–Crippen LogP) is 6.44. The van der Waals surface area contributed by atoms with Crippen molar-refractivity contribution in [2.45, 2.75) is 34.1 Å². The van der Waals surface area contributed by atoms with Gasteiger partial charge in [0.05, 0.1) is 5.69 Å². The molecular weight excluding hydrogens is 403 g/mol. The highest BCUT2D eigenvalue weighted by molar-refractivity contribution is 6.03. The average Bonchev–Trinajstić information content (AvgIpc) is 3.12. The number of hydrogen-bond donors (Lipinski definition) is 2. The molecule has 32 heavy (non-hydrogen) atoms. The summed E-state index contributed by atoms with van der Waals surface area (Å²) in [5.74, 6) is 0.0315. The minimum atomic E-state index is -0.289. The molecule has 0 unspecified atom stereocenters. The topological polar surface area (TPSA) is 70.7 Å². The first-order chi connectivity index (χ1) is 15.2. The number of hydrogen-bond acceptors (Lipinski definition) is 3. The Hall–Kier alpha value is -3.54. The molecule has 0 saturated carbocycles. The Morgan fingerprint density at radius 3 is 2.38 bits per heavy atom. The van der Waals surface area contributed by atoms with Crippen LogP contribution in [0.15, 0.2) is 60.9 Å². The lowest BCUT2D eigenvalue weighted by molar-refractivity contribution is -0.120. The van der Waals surface area contributed by atoms with Crippen LogP contribution in [-0.4, -0.2) is 20.9 Å². The Bertz CT molecular complexity index is 1240. The molecule has 0 aliphatic carbocycles. The van der Waals surface area contributed by atoms with Crippen molar-refractivity contribution in [3.8, 4) is 22.4 Å². The van der Waals surface area contributed by atoms with E-state index in [1.807, 2.05) is 31.2 Å². The van der Waals surface area contributed by atoms with Gasteiger partial charge in [0, 0.05) is 29.3 Å². The molecule has 0 radical (unpaired) electrons. The second kappa shape index (κ2) is 8.54. The monoisotopic (exact) mass is 430 g/mol. The van der Waals surface area contributed by atoms with Gasteiger partial charge in [0.2, 0.25) is 5.91 Å². The third-order valence-corrected chi connectivity index (χ3v) is 5.38. The fourth-order valence-electron chi connectivity index (χ4n) is 4.05. The van der Waals surface area contributed by atoms with Crippen LogP contribution in [0.25, 0.3) is 33.4 Å². The van der Waals surface area contributed by atoms with Crippen molar-refractivity contribution in [1.29, 1.82) is 0 Å². The van der Waals surface area contributed by atoms with Gasteiger partial charge in [-0.2, -0.15) is 0 Å². The number of aromatic amines is 1. The molecule has 3 aromatic heterocycles. The maximum atomic E-state index is 13.5. The Kier molecular flexibility index (Phi) is 5.78. The zero-order chi connectivity index (χ0) is 22.9. The highest BCUT2D eigenvalue weighted by Gasteiger charge is 2.22. The lowest BCUT2D eigenvalue weighted by Crippen LogP contribution is -2.25. The van der Waals surface area contributed by atoms with E-state index >= 15 is 0 Å². The van der Waals surface area contributed by atoms with E-state index in [1.165, 1.54) is 12.1 Å². The average molecular weight is 431 g/mol. The zero-order valence-electron chi connectivity index (χ0n) is 18.7. The number of carbonyl (C=O) groups is 1. The van der Waals surface area contributed by atoms with Gasteiger partial charge < -0.3 is 10.3 Å². The highest BCUT2D eigenvalue weighted by Crippen LogP contribution is 2.38. The molecule has 0 bridgehead atoms. The maximum Gasteiger partial charge on any atom is 0.228 e. The normalized spacial score (nSPS) is 12.7. The molecular formula is C26H27FN4O. The number of pyridine rings is 2. The molecule has 1 atom stereocenters. The van der Waals surface area contributed by atoms with Crippen molar-refractivity contribution in [1.82, 2.24) is 15.0 Å². The molecule has 1 aromatic carbocycles. The van der Waals surface area contributed by atoms with Crippen LogP contribution in [-0.2, 0) is 4.79 Å². The molecule has 0 spiro atoms. The molecule has 5 nitrogen and oxygen atoms in total. The van der Waals surface area contributed by atoms with Gasteiger partial charge in [0.15, 0.2) is 0 Å². The third-order valence-electron chi connectivity index (χ3n) is 5.38. The van der Waals surface area contributed by atoms with Gasteiger partial charge in [-0.05, 0) is 71.5 Å². The Labute approximate surface area is 187 Å². The number of amides is 1. The highest BCUT2D eigenvalue weighted by atomic mass is 19.1. The van der Waals surface area contributed by atoms with Crippen LogP contribution in [0.4, 0.5) is 10.2 Å². The van der Waals surface area contributed by atoms with E-state index < -0.39 is 0 Å². The molecule has 0 saturated heterocycles. The lowest BCUT2D eigenvalue weighted by atomic mass is 9.85. The molecule has 4 rings (SSSR count). The fraction of sp³-hybridized carbons (Fsp3) is 0.269. The van der Waals surface area contributed by atoms with Crippen LogP contribution in [0.5, 0.6) is 0 Å². The third kappa shape index (κ3) is 4.69. The van der Waals surface area contributed by atoms with Gasteiger partial charge in [-0.3, -0.25) is 9.78 Å². The number of nitrogens with one attached hydrogen (secondary N) is 2. The van der Waals surface area contributed by atoms with Crippen LogP contribution < -0.4 is 5.32 Å². The first-order valence-corrected chi connectivity index (χ1v) is 10.7. The predicted molar refractivity (Wildman–Crippen MR) is 127 cm³/mol.